The minimum absolute atomic E-state index is 0.141. The molecule has 1 aromatic rings. The van der Waals surface area contributed by atoms with Gasteiger partial charge in [0.25, 0.3) is 0 Å². The second-order valence-electron chi connectivity index (χ2n) is 5.23. The summed E-state index contributed by atoms with van der Waals surface area (Å²) in [7, 11) is -3.71. The Morgan fingerprint density at radius 2 is 2.00 bits per heavy atom. The van der Waals surface area contributed by atoms with Crippen molar-refractivity contribution in [3.05, 3.63) is 24.3 Å². The molecule has 5 nitrogen and oxygen atoms in total. The van der Waals surface area contributed by atoms with Gasteiger partial charge in [-0.1, -0.05) is 12.8 Å². The van der Waals surface area contributed by atoms with Gasteiger partial charge in [0, 0.05) is 12.7 Å². The summed E-state index contributed by atoms with van der Waals surface area (Å²) in [6, 6.07) is 0.969. The molecule has 1 saturated carbocycles. The molecule has 20 heavy (non-hydrogen) atoms. The van der Waals surface area contributed by atoms with Gasteiger partial charge in [0.15, 0.2) is 0 Å². The number of hydrogen-bond acceptors (Lipinski definition) is 4. The Hall–Kier alpha value is -1.05. The summed E-state index contributed by atoms with van der Waals surface area (Å²) in [5, 5.41) is 0. The summed E-state index contributed by atoms with van der Waals surface area (Å²) in [5.74, 6) is -0.0486. The lowest BCUT2D eigenvalue weighted by Gasteiger charge is -2.30. The molecule has 2 rings (SSSR count). The first kappa shape index (κ1) is 15.3. The molecule has 1 heterocycles. The van der Waals surface area contributed by atoms with Crippen LogP contribution in [0.5, 0.6) is 0 Å². The van der Waals surface area contributed by atoms with Gasteiger partial charge in [0.1, 0.15) is 10.7 Å². The first-order valence-electron chi connectivity index (χ1n) is 6.83. The fourth-order valence-electron chi connectivity index (χ4n) is 2.70. The average molecular weight is 301 g/mol. The van der Waals surface area contributed by atoms with Crippen molar-refractivity contribution in [3.63, 3.8) is 0 Å². The number of rotatable bonds is 5. The molecule has 1 aromatic heterocycles. The van der Waals surface area contributed by atoms with Gasteiger partial charge in [-0.25, -0.2) is 17.5 Å². The van der Waals surface area contributed by atoms with Gasteiger partial charge in [-0.2, -0.15) is 0 Å². The van der Waals surface area contributed by atoms with Crippen molar-refractivity contribution < 1.29 is 12.8 Å². The van der Waals surface area contributed by atoms with Crippen molar-refractivity contribution in [2.75, 3.05) is 13.1 Å². The van der Waals surface area contributed by atoms with Crippen molar-refractivity contribution in [1.82, 2.24) is 9.71 Å². The van der Waals surface area contributed by atoms with E-state index in [9.17, 15) is 12.8 Å². The first-order chi connectivity index (χ1) is 9.53. The quantitative estimate of drug-likeness (QED) is 0.857. The molecule has 0 spiro atoms. The second-order valence-corrected chi connectivity index (χ2v) is 7.00. The molecule has 2 atom stereocenters. The van der Waals surface area contributed by atoms with Gasteiger partial charge in [-0.15, -0.1) is 0 Å². The van der Waals surface area contributed by atoms with Crippen LogP contribution in [0.15, 0.2) is 23.4 Å². The molecule has 3 N–H and O–H groups in total. The van der Waals surface area contributed by atoms with Crippen LogP contribution < -0.4 is 10.5 Å². The third-order valence-electron chi connectivity index (χ3n) is 3.89. The van der Waals surface area contributed by atoms with E-state index in [1.807, 2.05) is 0 Å². The summed E-state index contributed by atoms with van der Waals surface area (Å²) >= 11 is 0. The normalized spacial score (nSPS) is 23.7. The Balaban J connectivity index is 2.02. The van der Waals surface area contributed by atoms with Gasteiger partial charge >= 0.3 is 0 Å². The van der Waals surface area contributed by atoms with Gasteiger partial charge in [-0.3, -0.25) is 4.98 Å². The predicted molar refractivity (Wildman–Crippen MR) is 73.9 cm³/mol. The lowest BCUT2D eigenvalue weighted by atomic mass is 9.79. The van der Waals surface area contributed by atoms with E-state index in [1.54, 1.807) is 0 Å². The van der Waals surface area contributed by atoms with E-state index >= 15 is 0 Å². The highest BCUT2D eigenvalue weighted by Gasteiger charge is 2.26. The van der Waals surface area contributed by atoms with Crippen LogP contribution in [0.25, 0.3) is 0 Å². The Kier molecular flexibility index (Phi) is 5.06. The molecular weight excluding hydrogens is 281 g/mol. The molecule has 0 bridgehead atoms. The highest BCUT2D eigenvalue weighted by Crippen LogP contribution is 2.29. The smallest absolute Gasteiger partial charge is 0.242 e. The number of aromatic nitrogens is 1. The van der Waals surface area contributed by atoms with Crippen molar-refractivity contribution in [2.45, 2.75) is 30.6 Å². The molecule has 112 valence electrons. The Bertz CT molecular complexity index is 550. The van der Waals surface area contributed by atoms with Crippen LogP contribution in [-0.4, -0.2) is 26.5 Å². The molecule has 1 fully saturated rings. The average Bonchev–Trinajstić information content (AvgIpc) is 2.45. The minimum atomic E-state index is -3.71. The summed E-state index contributed by atoms with van der Waals surface area (Å²) in [6.45, 7) is 0.925. The molecule has 7 heteroatoms. The maximum Gasteiger partial charge on any atom is 0.242 e. The zero-order chi connectivity index (χ0) is 14.6. The molecule has 0 aliphatic heterocycles. The Morgan fingerprint density at radius 3 is 2.65 bits per heavy atom. The number of sulfonamides is 1. The van der Waals surface area contributed by atoms with Crippen LogP contribution in [-0.2, 0) is 10.0 Å². The van der Waals surface area contributed by atoms with Crippen molar-refractivity contribution in [2.24, 2.45) is 17.6 Å². The molecular formula is C13H20FN3O2S. The maximum absolute atomic E-state index is 13.0. The number of halogens is 1. The number of hydrogen-bond donors (Lipinski definition) is 2. The van der Waals surface area contributed by atoms with Gasteiger partial charge < -0.3 is 5.73 Å². The van der Waals surface area contributed by atoms with Crippen molar-refractivity contribution >= 4 is 10.0 Å². The van der Waals surface area contributed by atoms with E-state index in [0.29, 0.717) is 19.0 Å². The number of nitrogens with zero attached hydrogens (tertiary/aromatic N) is 1. The zero-order valence-corrected chi connectivity index (χ0v) is 12.1. The van der Waals surface area contributed by atoms with Crippen LogP contribution in [0.2, 0.25) is 0 Å². The zero-order valence-electron chi connectivity index (χ0n) is 11.3. The summed E-state index contributed by atoms with van der Waals surface area (Å²) in [6.07, 6.45) is 6.40. The van der Waals surface area contributed by atoms with Crippen LogP contribution in [0.3, 0.4) is 0 Å². The SMILES string of the molecule is NCC1CCCCC1CNS(=O)(=O)c1cncc(F)c1. The Labute approximate surface area is 118 Å². The van der Waals surface area contributed by atoms with Gasteiger partial charge in [0.05, 0.1) is 6.20 Å². The van der Waals surface area contributed by atoms with E-state index in [1.165, 1.54) is 0 Å². The highest BCUT2D eigenvalue weighted by molar-refractivity contribution is 7.89. The van der Waals surface area contributed by atoms with Gasteiger partial charge in [0.2, 0.25) is 10.0 Å². The third-order valence-corrected chi connectivity index (χ3v) is 5.29. The minimum Gasteiger partial charge on any atom is -0.330 e. The summed E-state index contributed by atoms with van der Waals surface area (Å²) in [4.78, 5) is 3.42. The van der Waals surface area contributed by atoms with Gasteiger partial charge in [-0.05, 0) is 37.3 Å². The predicted octanol–water partition coefficient (Wildman–Crippen LogP) is 1.26. The van der Waals surface area contributed by atoms with E-state index < -0.39 is 15.8 Å². The molecule has 1 aliphatic rings. The Morgan fingerprint density at radius 1 is 1.30 bits per heavy atom. The van der Waals surface area contributed by atoms with E-state index in [0.717, 1.165) is 44.1 Å². The molecule has 0 saturated heterocycles. The highest BCUT2D eigenvalue weighted by atomic mass is 32.2. The van der Waals surface area contributed by atoms with Crippen LogP contribution in [0, 0.1) is 17.7 Å². The first-order valence-corrected chi connectivity index (χ1v) is 8.31. The fraction of sp³-hybridized carbons (Fsp3) is 0.615. The van der Waals surface area contributed by atoms with E-state index in [2.05, 4.69) is 9.71 Å². The largest absolute Gasteiger partial charge is 0.330 e. The second kappa shape index (κ2) is 6.60. The fourth-order valence-corrected chi connectivity index (χ4v) is 3.77. The third kappa shape index (κ3) is 3.74. The van der Waals surface area contributed by atoms with Crippen LogP contribution in [0.4, 0.5) is 4.39 Å². The topological polar surface area (TPSA) is 85.1 Å². The summed E-state index contributed by atoms with van der Waals surface area (Å²) in [5.41, 5.74) is 5.73. The molecule has 0 radical (unpaired) electrons. The van der Waals surface area contributed by atoms with E-state index in [-0.39, 0.29) is 10.8 Å². The van der Waals surface area contributed by atoms with Crippen molar-refractivity contribution in [3.8, 4) is 0 Å². The lowest BCUT2D eigenvalue weighted by Crippen LogP contribution is -2.37. The molecule has 0 amide bonds. The van der Waals surface area contributed by atoms with Crippen LogP contribution >= 0.6 is 0 Å². The number of nitrogens with one attached hydrogen (secondary N) is 1. The molecule has 0 aromatic carbocycles. The van der Waals surface area contributed by atoms with Crippen molar-refractivity contribution in [1.29, 1.82) is 0 Å². The molecule has 2 unspecified atom stereocenters. The number of nitrogens with two attached hydrogens (primary N) is 1. The lowest BCUT2D eigenvalue weighted by molar-refractivity contribution is 0.244. The maximum atomic E-state index is 13.0. The summed E-state index contributed by atoms with van der Waals surface area (Å²) < 4.78 is 39.7. The monoisotopic (exact) mass is 301 g/mol. The standard InChI is InChI=1S/C13H20FN3O2S/c14-12-5-13(9-16-8-12)20(18,19)17-7-11-4-2-1-3-10(11)6-15/h5,8-11,17H,1-4,6-7,15H2. The molecule has 1 aliphatic carbocycles. The van der Waals surface area contributed by atoms with E-state index in [4.69, 9.17) is 5.73 Å². The number of pyridine rings is 1. The van der Waals surface area contributed by atoms with Crippen LogP contribution in [0.1, 0.15) is 25.7 Å².